The lowest BCUT2D eigenvalue weighted by molar-refractivity contribution is -0.130. The average Bonchev–Trinajstić information content (AvgIpc) is 2.40. The third kappa shape index (κ3) is 3.22. The molecular formula is C13H25N3O2. The molecule has 5 heteroatoms. The summed E-state index contributed by atoms with van der Waals surface area (Å²) in [6.45, 7) is 6.61. The van der Waals surface area contributed by atoms with E-state index in [9.17, 15) is 4.79 Å². The Bertz CT molecular complexity index is 282. The van der Waals surface area contributed by atoms with E-state index in [4.69, 9.17) is 10.5 Å². The fourth-order valence-corrected chi connectivity index (χ4v) is 2.69. The maximum Gasteiger partial charge on any atom is 0.240 e. The van der Waals surface area contributed by atoms with Crippen LogP contribution in [0.15, 0.2) is 0 Å². The molecule has 3 N–H and O–H groups in total. The quantitative estimate of drug-likeness (QED) is 0.750. The van der Waals surface area contributed by atoms with Crippen molar-refractivity contribution in [2.24, 2.45) is 5.73 Å². The molecule has 0 radical (unpaired) electrons. The minimum atomic E-state index is -0.708. The van der Waals surface area contributed by atoms with E-state index in [2.05, 4.69) is 17.1 Å². The van der Waals surface area contributed by atoms with Gasteiger partial charge in [0.05, 0.1) is 5.54 Å². The van der Waals surface area contributed by atoms with Crippen LogP contribution in [-0.4, -0.2) is 55.2 Å². The Kier molecular flexibility index (Phi) is 4.59. The molecule has 2 aliphatic heterocycles. The molecule has 0 aliphatic carbocycles. The van der Waals surface area contributed by atoms with Crippen molar-refractivity contribution in [2.75, 3.05) is 32.8 Å². The van der Waals surface area contributed by atoms with Crippen molar-refractivity contribution >= 4 is 5.91 Å². The van der Waals surface area contributed by atoms with Crippen LogP contribution in [0.4, 0.5) is 0 Å². The minimum Gasteiger partial charge on any atom is -0.381 e. The molecule has 5 nitrogen and oxygen atoms in total. The van der Waals surface area contributed by atoms with E-state index in [0.717, 1.165) is 32.5 Å². The number of piperidine rings is 1. The van der Waals surface area contributed by atoms with E-state index >= 15 is 0 Å². The Balaban J connectivity index is 1.80. The van der Waals surface area contributed by atoms with Crippen molar-refractivity contribution in [1.82, 2.24) is 10.2 Å². The van der Waals surface area contributed by atoms with E-state index in [1.807, 2.05) is 0 Å². The van der Waals surface area contributed by atoms with Gasteiger partial charge in [-0.2, -0.15) is 0 Å². The first kappa shape index (κ1) is 13.8. The van der Waals surface area contributed by atoms with Crippen LogP contribution in [0.1, 0.15) is 32.6 Å². The number of hydrogen-bond acceptors (Lipinski definition) is 4. The molecule has 2 heterocycles. The highest BCUT2D eigenvalue weighted by Crippen LogP contribution is 2.19. The van der Waals surface area contributed by atoms with Crippen LogP contribution in [0.3, 0.4) is 0 Å². The molecule has 2 rings (SSSR count). The molecule has 2 fully saturated rings. The van der Waals surface area contributed by atoms with Gasteiger partial charge in [0, 0.05) is 32.3 Å². The number of nitrogens with zero attached hydrogens (tertiary/aromatic N) is 1. The van der Waals surface area contributed by atoms with Crippen molar-refractivity contribution in [3.8, 4) is 0 Å². The van der Waals surface area contributed by atoms with Crippen LogP contribution in [0.5, 0.6) is 0 Å². The molecule has 0 spiro atoms. The van der Waals surface area contributed by atoms with Gasteiger partial charge in [0.25, 0.3) is 0 Å². The number of nitrogens with two attached hydrogens (primary N) is 1. The number of carbonyl (C=O) groups is 1. The van der Waals surface area contributed by atoms with Crippen molar-refractivity contribution in [1.29, 1.82) is 0 Å². The topological polar surface area (TPSA) is 67.6 Å². The standard InChI is InChI=1S/C13H25N3O2/c1-2-16-7-3-11(4-8-16)15-12(17)13(14)5-9-18-10-6-13/h11H,2-10,14H2,1H3,(H,15,17). The van der Waals surface area contributed by atoms with Gasteiger partial charge >= 0.3 is 0 Å². The Hall–Kier alpha value is -0.650. The van der Waals surface area contributed by atoms with Crippen LogP contribution >= 0.6 is 0 Å². The summed E-state index contributed by atoms with van der Waals surface area (Å²) in [4.78, 5) is 14.6. The Morgan fingerprint density at radius 2 is 2.00 bits per heavy atom. The zero-order valence-corrected chi connectivity index (χ0v) is 11.3. The molecule has 104 valence electrons. The molecule has 0 unspecified atom stereocenters. The lowest BCUT2D eigenvalue weighted by atomic mass is 9.89. The van der Waals surface area contributed by atoms with Crippen molar-refractivity contribution < 1.29 is 9.53 Å². The Morgan fingerprint density at radius 1 is 1.39 bits per heavy atom. The van der Waals surface area contributed by atoms with Gasteiger partial charge in [-0.1, -0.05) is 6.92 Å². The number of rotatable bonds is 3. The molecule has 0 atom stereocenters. The summed E-state index contributed by atoms with van der Waals surface area (Å²) in [5.41, 5.74) is 5.46. The van der Waals surface area contributed by atoms with Gasteiger partial charge in [0.1, 0.15) is 0 Å². The van der Waals surface area contributed by atoms with Gasteiger partial charge in [0.15, 0.2) is 0 Å². The zero-order chi connectivity index (χ0) is 13.0. The smallest absolute Gasteiger partial charge is 0.240 e. The lowest BCUT2D eigenvalue weighted by Gasteiger charge is -2.36. The highest BCUT2D eigenvalue weighted by atomic mass is 16.5. The Labute approximate surface area is 109 Å². The molecule has 2 aliphatic rings. The number of amides is 1. The fraction of sp³-hybridized carbons (Fsp3) is 0.923. The maximum atomic E-state index is 12.2. The first-order valence-corrected chi connectivity index (χ1v) is 7.04. The molecular weight excluding hydrogens is 230 g/mol. The van der Waals surface area contributed by atoms with E-state index in [0.29, 0.717) is 32.1 Å². The Morgan fingerprint density at radius 3 is 2.56 bits per heavy atom. The third-order valence-electron chi connectivity index (χ3n) is 4.21. The minimum absolute atomic E-state index is 0.0146. The van der Waals surface area contributed by atoms with Crippen molar-refractivity contribution in [3.05, 3.63) is 0 Å². The summed E-state index contributed by atoms with van der Waals surface area (Å²) in [6.07, 6.45) is 3.33. The van der Waals surface area contributed by atoms with E-state index in [-0.39, 0.29) is 5.91 Å². The summed E-state index contributed by atoms with van der Waals surface area (Å²) in [5, 5.41) is 3.13. The largest absolute Gasteiger partial charge is 0.381 e. The molecule has 0 saturated carbocycles. The summed E-state index contributed by atoms with van der Waals surface area (Å²) in [5.74, 6) is 0.0146. The highest BCUT2D eigenvalue weighted by Gasteiger charge is 2.37. The summed E-state index contributed by atoms with van der Waals surface area (Å²) >= 11 is 0. The number of carbonyl (C=O) groups excluding carboxylic acids is 1. The molecule has 1 amide bonds. The van der Waals surface area contributed by atoms with Gasteiger partial charge in [0.2, 0.25) is 5.91 Å². The van der Waals surface area contributed by atoms with Crippen molar-refractivity contribution in [3.63, 3.8) is 0 Å². The number of ether oxygens (including phenoxy) is 1. The number of nitrogens with one attached hydrogen (secondary N) is 1. The predicted molar refractivity (Wildman–Crippen MR) is 70.3 cm³/mol. The van der Waals surface area contributed by atoms with Crippen LogP contribution < -0.4 is 11.1 Å². The lowest BCUT2D eigenvalue weighted by Crippen LogP contribution is -2.59. The first-order chi connectivity index (χ1) is 8.64. The monoisotopic (exact) mass is 255 g/mol. The molecule has 0 bridgehead atoms. The SMILES string of the molecule is CCN1CCC(NC(=O)C2(N)CCOCC2)CC1. The second-order valence-electron chi connectivity index (χ2n) is 5.45. The van der Waals surface area contributed by atoms with Gasteiger partial charge in [-0.05, 0) is 32.2 Å². The van der Waals surface area contributed by atoms with E-state index in [1.165, 1.54) is 0 Å². The molecule has 18 heavy (non-hydrogen) atoms. The first-order valence-electron chi connectivity index (χ1n) is 7.04. The second kappa shape index (κ2) is 5.99. The van der Waals surface area contributed by atoms with Crippen LogP contribution in [0, 0.1) is 0 Å². The molecule has 0 aromatic carbocycles. The average molecular weight is 255 g/mol. The molecule has 0 aromatic heterocycles. The zero-order valence-electron chi connectivity index (χ0n) is 11.3. The van der Waals surface area contributed by atoms with Gasteiger partial charge < -0.3 is 20.7 Å². The van der Waals surface area contributed by atoms with Crippen LogP contribution in [0.2, 0.25) is 0 Å². The fourth-order valence-electron chi connectivity index (χ4n) is 2.69. The van der Waals surface area contributed by atoms with Gasteiger partial charge in [-0.15, -0.1) is 0 Å². The molecule has 2 saturated heterocycles. The van der Waals surface area contributed by atoms with Crippen LogP contribution in [0.25, 0.3) is 0 Å². The number of likely N-dealkylation sites (tertiary alicyclic amines) is 1. The summed E-state index contributed by atoms with van der Waals surface area (Å²) < 4.78 is 5.27. The van der Waals surface area contributed by atoms with Gasteiger partial charge in [-0.25, -0.2) is 0 Å². The summed E-state index contributed by atoms with van der Waals surface area (Å²) in [6, 6.07) is 0.295. The second-order valence-corrected chi connectivity index (χ2v) is 5.45. The predicted octanol–water partition coefficient (Wildman–Crippen LogP) is 0.0948. The van der Waals surface area contributed by atoms with E-state index < -0.39 is 5.54 Å². The van der Waals surface area contributed by atoms with E-state index in [1.54, 1.807) is 0 Å². The normalized spacial score (nSPS) is 25.9. The molecule has 0 aromatic rings. The van der Waals surface area contributed by atoms with Gasteiger partial charge in [-0.3, -0.25) is 4.79 Å². The maximum absolute atomic E-state index is 12.2. The van der Waals surface area contributed by atoms with Crippen molar-refractivity contribution in [2.45, 2.75) is 44.2 Å². The third-order valence-corrected chi connectivity index (χ3v) is 4.21. The number of hydrogen-bond donors (Lipinski definition) is 2. The summed E-state index contributed by atoms with van der Waals surface area (Å²) in [7, 11) is 0. The highest BCUT2D eigenvalue weighted by molar-refractivity contribution is 5.86. The van der Waals surface area contributed by atoms with Crippen LogP contribution in [-0.2, 0) is 9.53 Å².